The first kappa shape index (κ1) is 36.1. The molecule has 1 aliphatic heterocycles. The number of hydrogen-bond donors (Lipinski definition) is 1. The van der Waals surface area contributed by atoms with Crippen LogP contribution in [0.4, 0.5) is 0 Å². The van der Waals surface area contributed by atoms with Gasteiger partial charge in [-0.25, -0.2) is 14.8 Å². The molecule has 1 saturated carbocycles. The number of nitrogens with zero attached hydrogens (tertiary/aromatic N) is 5. The van der Waals surface area contributed by atoms with E-state index in [9.17, 15) is 14.4 Å². The third kappa shape index (κ3) is 7.87. The Morgan fingerprint density at radius 1 is 0.909 bits per heavy atom. The van der Waals surface area contributed by atoms with Gasteiger partial charge in [0.15, 0.2) is 5.82 Å². The third-order valence-corrected chi connectivity index (χ3v) is 10.8. The van der Waals surface area contributed by atoms with Gasteiger partial charge < -0.3 is 19.7 Å². The van der Waals surface area contributed by atoms with Crippen LogP contribution >= 0.6 is 15.9 Å². The number of imidazole rings is 1. The van der Waals surface area contributed by atoms with Crippen molar-refractivity contribution < 1.29 is 19.1 Å². The summed E-state index contributed by atoms with van der Waals surface area (Å²) in [6.07, 6.45) is 5.59. The molecule has 1 unspecified atom stereocenters. The van der Waals surface area contributed by atoms with E-state index in [1.165, 1.54) is 4.57 Å². The summed E-state index contributed by atoms with van der Waals surface area (Å²) in [6, 6.07) is 31.4. The Kier molecular flexibility index (Phi) is 10.4. The van der Waals surface area contributed by atoms with Crippen molar-refractivity contribution in [2.24, 2.45) is 0 Å². The normalized spacial score (nSPS) is 15.0. The van der Waals surface area contributed by atoms with E-state index in [1.807, 2.05) is 85.8 Å². The van der Waals surface area contributed by atoms with Crippen molar-refractivity contribution in [3.63, 3.8) is 0 Å². The van der Waals surface area contributed by atoms with Crippen LogP contribution in [0.2, 0.25) is 0 Å². The number of amides is 2. The Bertz CT molecular complexity index is 2390. The average molecular weight is 800 g/mol. The van der Waals surface area contributed by atoms with E-state index in [-0.39, 0.29) is 49.6 Å². The second-order valence-electron chi connectivity index (χ2n) is 13.8. The molecule has 2 aromatic heterocycles. The highest BCUT2D eigenvalue weighted by atomic mass is 79.9. The third-order valence-electron chi connectivity index (χ3n) is 9.89. The molecule has 12 heteroatoms. The van der Waals surface area contributed by atoms with Crippen LogP contribution in [0.5, 0.6) is 5.75 Å². The molecule has 1 N–H and O–H groups in total. The molecule has 278 valence electrons. The predicted octanol–water partition coefficient (Wildman–Crippen LogP) is 6.88. The maximum Gasteiger partial charge on any atom is 0.333 e. The monoisotopic (exact) mass is 798 g/mol. The Labute approximate surface area is 326 Å². The molecular formula is C43H39BrN6O5. The van der Waals surface area contributed by atoms with E-state index in [0.717, 1.165) is 39.6 Å². The molecule has 8 rings (SSSR count). The summed E-state index contributed by atoms with van der Waals surface area (Å²) in [5.74, 6) is 0.557. The molecule has 0 bridgehead atoms. The minimum Gasteiger partial charge on any atom is -0.490 e. The van der Waals surface area contributed by atoms with Crippen LogP contribution in [0.3, 0.4) is 0 Å². The first-order valence-corrected chi connectivity index (χ1v) is 19.1. The van der Waals surface area contributed by atoms with Gasteiger partial charge in [-0.2, -0.15) is 0 Å². The molecule has 0 saturated heterocycles. The molecule has 2 amide bonds. The van der Waals surface area contributed by atoms with Crippen LogP contribution in [0.15, 0.2) is 125 Å². The van der Waals surface area contributed by atoms with Gasteiger partial charge in [0.05, 0.1) is 49.8 Å². The lowest BCUT2D eigenvalue weighted by Crippen LogP contribution is -2.50. The van der Waals surface area contributed by atoms with Crippen LogP contribution in [0.25, 0.3) is 17.1 Å². The van der Waals surface area contributed by atoms with Gasteiger partial charge in [-0.1, -0.05) is 70.5 Å². The van der Waals surface area contributed by atoms with Crippen LogP contribution < -0.4 is 15.7 Å². The number of aromatic nitrogens is 4. The second-order valence-corrected chi connectivity index (χ2v) is 14.7. The molecule has 3 heterocycles. The maximum absolute atomic E-state index is 14.5. The van der Waals surface area contributed by atoms with Crippen molar-refractivity contribution in [3.8, 4) is 22.8 Å². The van der Waals surface area contributed by atoms with Crippen LogP contribution in [-0.2, 0) is 31.0 Å². The molecule has 55 heavy (non-hydrogen) atoms. The molecule has 1 atom stereocenters. The fourth-order valence-corrected chi connectivity index (χ4v) is 7.11. The lowest BCUT2D eigenvalue weighted by molar-refractivity contribution is 0.0232. The molecular weight excluding hydrogens is 760 g/mol. The number of carbonyl (C=O) groups is 2. The van der Waals surface area contributed by atoms with Gasteiger partial charge in [0, 0.05) is 34.5 Å². The first-order valence-electron chi connectivity index (χ1n) is 18.3. The summed E-state index contributed by atoms with van der Waals surface area (Å²) in [5, 5.41) is 3.07. The van der Waals surface area contributed by atoms with Crippen molar-refractivity contribution in [2.45, 2.75) is 58.2 Å². The first-order chi connectivity index (χ1) is 26.8. The highest BCUT2D eigenvalue weighted by molar-refractivity contribution is 9.10. The topological polar surface area (TPSA) is 121 Å². The number of benzene rings is 4. The van der Waals surface area contributed by atoms with Crippen LogP contribution in [0, 0.1) is 6.92 Å². The number of hydrogen-bond acceptors (Lipinski definition) is 7. The lowest BCUT2D eigenvalue weighted by atomic mass is 10.1. The van der Waals surface area contributed by atoms with Crippen molar-refractivity contribution in [3.05, 3.63) is 164 Å². The summed E-state index contributed by atoms with van der Waals surface area (Å²) in [6.45, 7) is 2.75. The van der Waals surface area contributed by atoms with Gasteiger partial charge in [-0.05, 0) is 85.0 Å². The van der Waals surface area contributed by atoms with E-state index >= 15 is 0 Å². The molecule has 11 nitrogen and oxygen atoms in total. The molecule has 6 aromatic rings. The van der Waals surface area contributed by atoms with Crippen LogP contribution in [0.1, 0.15) is 56.1 Å². The summed E-state index contributed by atoms with van der Waals surface area (Å²) in [4.78, 5) is 54.0. The molecule has 2 aliphatic rings. The zero-order valence-electron chi connectivity index (χ0n) is 30.2. The average Bonchev–Trinajstić information content (AvgIpc) is 3.99. The largest absolute Gasteiger partial charge is 0.490 e. The number of ether oxygens (including phenoxy) is 2. The number of fused-ring (bicyclic) bond motifs is 1. The molecule has 0 radical (unpaired) electrons. The van der Waals surface area contributed by atoms with Gasteiger partial charge >= 0.3 is 5.69 Å². The predicted molar refractivity (Wildman–Crippen MR) is 211 cm³/mol. The highest BCUT2D eigenvalue weighted by Gasteiger charge is 2.37. The zero-order valence-corrected chi connectivity index (χ0v) is 31.8. The van der Waals surface area contributed by atoms with Crippen molar-refractivity contribution >= 4 is 27.7 Å². The quantitative estimate of drug-likeness (QED) is 0.143. The highest BCUT2D eigenvalue weighted by Crippen LogP contribution is 2.30. The molecule has 0 spiro atoms. The smallest absolute Gasteiger partial charge is 0.333 e. The maximum atomic E-state index is 14.5. The Morgan fingerprint density at radius 2 is 1.65 bits per heavy atom. The Hall–Kier alpha value is -5.85. The summed E-state index contributed by atoms with van der Waals surface area (Å²) >= 11 is 3.55. The van der Waals surface area contributed by atoms with Gasteiger partial charge in [-0.3, -0.25) is 18.7 Å². The summed E-state index contributed by atoms with van der Waals surface area (Å²) in [5.41, 5.74) is 4.72. The van der Waals surface area contributed by atoms with E-state index in [2.05, 4.69) is 31.2 Å². The fourth-order valence-electron chi connectivity index (χ4n) is 6.86. The van der Waals surface area contributed by atoms with E-state index in [1.54, 1.807) is 46.1 Å². The van der Waals surface area contributed by atoms with E-state index in [4.69, 9.17) is 9.47 Å². The number of carbonyl (C=O) groups excluding carboxylic acids is 2. The van der Waals surface area contributed by atoms with Crippen LogP contribution in [-0.4, -0.2) is 54.6 Å². The lowest BCUT2D eigenvalue weighted by Gasteiger charge is -2.36. The molecule has 1 fully saturated rings. The zero-order chi connectivity index (χ0) is 37.9. The van der Waals surface area contributed by atoms with E-state index < -0.39 is 11.9 Å². The summed E-state index contributed by atoms with van der Waals surface area (Å²) < 4.78 is 16.1. The van der Waals surface area contributed by atoms with Gasteiger partial charge in [-0.15, -0.1) is 0 Å². The number of nitrogens with one attached hydrogen (secondary N) is 1. The fraction of sp³-hybridized carbons (Fsp3) is 0.233. The summed E-state index contributed by atoms with van der Waals surface area (Å²) in [7, 11) is 0. The molecule has 1 aliphatic carbocycles. The molecule has 4 aromatic carbocycles. The van der Waals surface area contributed by atoms with Crippen molar-refractivity contribution in [1.82, 2.24) is 29.3 Å². The Balaban J connectivity index is 1.17. The minimum atomic E-state index is -0.496. The SMILES string of the molecule is Cc1cc(C(=O)N2Cc3c(C(=O)NCc4ccccc4-c4ncccn4)n(-c4ccc(OC5CC5)cc4)c(=O)n3CC2COCc2ccccc2)ccc1Br. The second kappa shape index (κ2) is 15.9. The number of rotatable bonds is 12. The number of aryl methyl sites for hydroxylation is 1. The van der Waals surface area contributed by atoms with Gasteiger partial charge in [0.1, 0.15) is 11.4 Å². The van der Waals surface area contributed by atoms with Crippen molar-refractivity contribution in [1.29, 1.82) is 0 Å². The number of halogens is 1. The van der Waals surface area contributed by atoms with Gasteiger partial charge in [0.2, 0.25) is 0 Å². The minimum absolute atomic E-state index is 0.00954. The van der Waals surface area contributed by atoms with E-state index in [0.29, 0.717) is 35.1 Å². The van der Waals surface area contributed by atoms with Crippen molar-refractivity contribution in [2.75, 3.05) is 6.61 Å². The Morgan fingerprint density at radius 3 is 2.40 bits per heavy atom. The van der Waals surface area contributed by atoms with Gasteiger partial charge in [0.25, 0.3) is 11.8 Å². The standard InChI is InChI=1S/C43H39BrN6O5/c1-28-22-30(12-19-37(28)44)42(52)48-25-38-39(41(51)47-23-31-10-5-6-11-36(31)40-45-20-7-21-46-40)50(32-13-15-34(16-14-32)55-35-17-18-35)43(53)49(38)24-33(48)27-54-26-29-8-3-2-4-9-29/h2-16,19-22,33,35H,17-18,23-27H2,1H3,(H,47,51).